The first kappa shape index (κ1) is 21.6. The summed E-state index contributed by atoms with van der Waals surface area (Å²) in [6, 6.07) is 15.0. The van der Waals surface area contributed by atoms with E-state index in [4.69, 9.17) is 4.74 Å². The average Bonchev–Trinajstić information content (AvgIpc) is 2.81. The Balaban J connectivity index is 1.28. The third-order valence-corrected chi connectivity index (χ3v) is 5.96. The van der Waals surface area contributed by atoms with Gasteiger partial charge >= 0.3 is 0 Å². The number of nitrogens with zero attached hydrogens (tertiary/aromatic N) is 5. The van der Waals surface area contributed by atoms with Crippen molar-refractivity contribution in [2.45, 2.75) is 26.1 Å². The zero-order valence-corrected chi connectivity index (χ0v) is 18.7. The lowest BCUT2D eigenvalue weighted by Gasteiger charge is -2.36. The predicted octanol–water partition coefficient (Wildman–Crippen LogP) is 2.20. The zero-order valence-electron chi connectivity index (χ0n) is 18.7. The smallest absolute Gasteiger partial charge is 0.194 e. The number of piperazine rings is 1. The molecule has 1 aromatic carbocycles. The highest BCUT2D eigenvalue weighted by atomic mass is 16.5. The summed E-state index contributed by atoms with van der Waals surface area (Å²) in [6.07, 6.45) is 2.15. The van der Waals surface area contributed by atoms with Crippen LogP contribution >= 0.6 is 0 Å². The van der Waals surface area contributed by atoms with Crippen LogP contribution in [0.2, 0.25) is 0 Å². The number of morpholine rings is 1. The van der Waals surface area contributed by atoms with E-state index in [1.807, 2.05) is 13.2 Å². The number of hydrogen-bond donors (Lipinski definition) is 1. The Bertz CT molecular complexity index is 850. The predicted molar refractivity (Wildman–Crippen MR) is 125 cm³/mol. The molecular weight excluding hydrogens is 388 g/mol. The first-order chi connectivity index (χ1) is 15.2. The van der Waals surface area contributed by atoms with Gasteiger partial charge in [-0.1, -0.05) is 30.3 Å². The zero-order chi connectivity index (χ0) is 21.5. The summed E-state index contributed by atoms with van der Waals surface area (Å²) in [6.45, 7) is 10.5. The fraction of sp³-hybridized carbons (Fsp3) is 0.500. The maximum Gasteiger partial charge on any atom is 0.194 e. The molecule has 1 unspecified atom stereocenters. The molecule has 7 heteroatoms. The van der Waals surface area contributed by atoms with E-state index in [0.717, 1.165) is 70.7 Å². The molecule has 2 aromatic rings. The van der Waals surface area contributed by atoms with Gasteiger partial charge in [-0.25, -0.2) is 4.98 Å². The molecule has 0 radical (unpaired) electrons. The van der Waals surface area contributed by atoms with Crippen molar-refractivity contribution in [3.05, 3.63) is 59.8 Å². The van der Waals surface area contributed by atoms with Crippen molar-refractivity contribution in [1.82, 2.24) is 20.1 Å². The van der Waals surface area contributed by atoms with Crippen LogP contribution in [0.3, 0.4) is 0 Å². The van der Waals surface area contributed by atoms with Crippen molar-refractivity contribution in [2.24, 2.45) is 4.99 Å². The minimum absolute atomic E-state index is 0.247. The maximum atomic E-state index is 5.65. The third-order valence-electron chi connectivity index (χ3n) is 5.96. The summed E-state index contributed by atoms with van der Waals surface area (Å²) in [5.41, 5.74) is 2.59. The van der Waals surface area contributed by atoms with Gasteiger partial charge in [0.25, 0.3) is 0 Å². The van der Waals surface area contributed by atoms with E-state index in [1.54, 1.807) is 0 Å². The lowest BCUT2D eigenvalue weighted by Crippen LogP contribution is -2.52. The van der Waals surface area contributed by atoms with Gasteiger partial charge < -0.3 is 19.9 Å². The van der Waals surface area contributed by atoms with Crippen molar-refractivity contribution in [3.8, 4) is 0 Å². The van der Waals surface area contributed by atoms with Gasteiger partial charge in [-0.05, 0) is 30.2 Å². The van der Waals surface area contributed by atoms with Crippen molar-refractivity contribution in [1.29, 1.82) is 0 Å². The van der Waals surface area contributed by atoms with E-state index >= 15 is 0 Å². The van der Waals surface area contributed by atoms with Crippen molar-refractivity contribution < 1.29 is 4.74 Å². The Labute approximate surface area is 185 Å². The number of hydrogen-bond acceptors (Lipinski definition) is 5. The molecule has 31 heavy (non-hydrogen) atoms. The topological polar surface area (TPSA) is 56.2 Å². The van der Waals surface area contributed by atoms with E-state index in [0.29, 0.717) is 0 Å². The number of anilines is 1. The van der Waals surface area contributed by atoms with Crippen LogP contribution < -0.4 is 10.2 Å². The quantitative estimate of drug-likeness (QED) is 0.589. The van der Waals surface area contributed by atoms with Crippen LogP contribution in [-0.4, -0.2) is 79.8 Å². The van der Waals surface area contributed by atoms with Crippen LogP contribution in [-0.2, 0) is 17.8 Å². The van der Waals surface area contributed by atoms with Crippen LogP contribution in [0.1, 0.15) is 18.1 Å². The lowest BCUT2D eigenvalue weighted by molar-refractivity contribution is 0.0529. The van der Waals surface area contributed by atoms with Crippen LogP contribution in [0.25, 0.3) is 0 Å². The summed E-state index contributed by atoms with van der Waals surface area (Å²) < 4.78 is 5.65. The highest BCUT2D eigenvalue weighted by Crippen LogP contribution is 2.16. The Hall–Kier alpha value is -2.64. The number of benzene rings is 1. The van der Waals surface area contributed by atoms with Crippen LogP contribution in [0, 0.1) is 0 Å². The summed E-state index contributed by atoms with van der Waals surface area (Å²) in [5, 5.41) is 3.55. The largest absolute Gasteiger partial charge is 0.375 e. The second kappa shape index (κ2) is 10.6. The van der Waals surface area contributed by atoms with Gasteiger partial charge in [0.2, 0.25) is 0 Å². The molecule has 0 saturated carbocycles. The van der Waals surface area contributed by atoms with Crippen LogP contribution in [0.4, 0.5) is 5.82 Å². The second-order valence-corrected chi connectivity index (χ2v) is 8.30. The number of guanidine groups is 1. The molecule has 1 atom stereocenters. The highest BCUT2D eigenvalue weighted by Gasteiger charge is 2.20. The SMILES string of the molecule is CN=C(NCc1ccnc(N2CCOC(C)C2)c1)N1CCN(Cc2ccccc2)CC1. The summed E-state index contributed by atoms with van der Waals surface area (Å²) in [4.78, 5) is 16.3. The summed E-state index contributed by atoms with van der Waals surface area (Å²) in [5.74, 6) is 2.00. The number of aliphatic imine (C=N–C) groups is 1. The van der Waals surface area contributed by atoms with E-state index in [1.165, 1.54) is 11.1 Å². The molecule has 4 rings (SSSR count). The van der Waals surface area contributed by atoms with Gasteiger partial charge in [0.1, 0.15) is 5.82 Å². The normalized spacial score (nSPS) is 20.7. The molecule has 2 saturated heterocycles. The summed E-state index contributed by atoms with van der Waals surface area (Å²) >= 11 is 0. The van der Waals surface area contributed by atoms with Gasteiger partial charge in [-0.15, -0.1) is 0 Å². The molecule has 166 valence electrons. The second-order valence-electron chi connectivity index (χ2n) is 8.30. The number of pyridine rings is 1. The standard InChI is InChI=1S/C24H34N6O/c1-20-18-30(14-15-31-20)23-16-22(8-9-26-23)17-27-24(25-2)29-12-10-28(11-13-29)19-21-6-4-3-5-7-21/h3-9,16,20H,10-15,17-19H2,1-2H3,(H,25,27). The minimum atomic E-state index is 0.247. The molecule has 3 heterocycles. The molecule has 2 aliphatic rings. The van der Waals surface area contributed by atoms with Gasteiger partial charge in [-0.2, -0.15) is 0 Å². The van der Waals surface area contributed by atoms with Gasteiger partial charge in [-0.3, -0.25) is 9.89 Å². The van der Waals surface area contributed by atoms with E-state index in [-0.39, 0.29) is 6.10 Å². The van der Waals surface area contributed by atoms with Crippen molar-refractivity contribution in [3.63, 3.8) is 0 Å². The molecular formula is C24H34N6O. The Kier molecular flexibility index (Phi) is 7.38. The van der Waals surface area contributed by atoms with Crippen LogP contribution in [0.15, 0.2) is 53.7 Å². The van der Waals surface area contributed by atoms with Gasteiger partial charge in [0.15, 0.2) is 5.96 Å². The molecule has 0 amide bonds. The fourth-order valence-electron chi connectivity index (χ4n) is 4.24. The fourth-order valence-corrected chi connectivity index (χ4v) is 4.24. The molecule has 2 fully saturated rings. The van der Waals surface area contributed by atoms with E-state index in [2.05, 4.69) is 79.4 Å². The maximum absolute atomic E-state index is 5.65. The van der Waals surface area contributed by atoms with Gasteiger partial charge in [0, 0.05) is 65.6 Å². The molecule has 0 aliphatic carbocycles. The number of nitrogens with one attached hydrogen (secondary N) is 1. The number of ether oxygens (including phenoxy) is 1. The Morgan fingerprint density at radius 1 is 1.10 bits per heavy atom. The van der Waals surface area contributed by atoms with E-state index in [9.17, 15) is 0 Å². The number of rotatable bonds is 5. The minimum Gasteiger partial charge on any atom is -0.375 e. The van der Waals surface area contributed by atoms with Gasteiger partial charge in [0.05, 0.1) is 12.7 Å². The third kappa shape index (κ3) is 5.95. The number of aromatic nitrogens is 1. The molecule has 1 aromatic heterocycles. The summed E-state index contributed by atoms with van der Waals surface area (Å²) in [7, 11) is 1.87. The molecule has 0 spiro atoms. The van der Waals surface area contributed by atoms with Crippen molar-refractivity contribution >= 4 is 11.8 Å². The first-order valence-corrected chi connectivity index (χ1v) is 11.2. The Morgan fingerprint density at radius 3 is 2.65 bits per heavy atom. The lowest BCUT2D eigenvalue weighted by atomic mass is 10.2. The first-order valence-electron chi connectivity index (χ1n) is 11.2. The van der Waals surface area contributed by atoms with Crippen LogP contribution in [0.5, 0.6) is 0 Å². The van der Waals surface area contributed by atoms with Crippen molar-refractivity contribution in [2.75, 3.05) is 57.8 Å². The highest BCUT2D eigenvalue weighted by molar-refractivity contribution is 5.80. The average molecular weight is 423 g/mol. The molecule has 7 nitrogen and oxygen atoms in total. The monoisotopic (exact) mass is 422 g/mol. The molecule has 2 aliphatic heterocycles. The Morgan fingerprint density at radius 2 is 1.90 bits per heavy atom. The molecule has 1 N–H and O–H groups in total. The van der Waals surface area contributed by atoms with E-state index < -0.39 is 0 Å². The molecule has 0 bridgehead atoms.